The normalized spacial score (nSPS) is 21.2. The lowest BCUT2D eigenvalue weighted by Crippen LogP contribution is -2.76. The highest BCUT2D eigenvalue weighted by molar-refractivity contribution is 6.08. The van der Waals surface area contributed by atoms with Crippen LogP contribution in [-0.4, -0.2) is 152 Å². The van der Waals surface area contributed by atoms with Crippen molar-refractivity contribution in [2.24, 2.45) is 7.05 Å². The van der Waals surface area contributed by atoms with Gasteiger partial charge in [-0.25, -0.2) is 14.8 Å². The van der Waals surface area contributed by atoms with Gasteiger partial charge in [0.25, 0.3) is 5.91 Å². The number of fused-ring (bicyclic) bond motifs is 2. The lowest BCUT2D eigenvalue weighted by molar-refractivity contribution is -0.189. The van der Waals surface area contributed by atoms with Crippen molar-refractivity contribution in [2.45, 2.75) is 37.8 Å². The van der Waals surface area contributed by atoms with Gasteiger partial charge in [0.1, 0.15) is 18.0 Å². The minimum absolute atomic E-state index is 0.00182. The van der Waals surface area contributed by atoms with Crippen LogP contribution in [0.25, 0.3) is 10.9 Å². The summed E-state index contributed by atoms with van der Waals surface area (Å²) in [5.41, 5.74) is 4.03. The van der Waals surface area contributed by atoms with Gasteiger partial charge in [-0.05, 0) is 35.9 Å². The maximum absolute atomic E-state index is 14.7. The Morgan fingerprint density at radius 1 is 0.895 bits per heavy atom. The number of benzene rings is 3. The van der Waals surface area contributed by atoms with E-state index in [1.54, 1.807) is 50.2 Å². The van der Waals surface area contributed by atoms with Gasteiger partial charge in [0.05, 0.1) is 24.2 Å². The molecule has 1 aromatic heterocycles. The van der Waals surface area contributed by atoms with Crippen LogP contribution in [0.4, 0.5) is 4.79 Å². The molecule has 0 aliphatic carbocycles. The lowest BCUT2D eigenvalue weighted by Gasteiger charge is -2.55. The number of phenolic OH excluding ortho intramolecular Hbond substituents is 1. The van der Waals surface area contributed by atoms with Crippen molar-refractivity contribution in [3.8, 4) is 5.75 Å². The number of likely N-dealkylation sites (tertiary alicyclic amines) is 1. The molecule has 0 unspecified atom stereocenters. The summed E-state index contributed by atoms with van der Waals surface area (Å²) in [6.45, 7) is 10.1. The van der Waals surface area contributed by atoms with Crippen LogP contribution in [0.15, 0.2) is 91.6 Å². The molecule has 0 saturated carbocycles. The van der Waals surface area contributed by atoms with Crippen molar-refractivity contribution in [2.75, 3.05) is 66.0 Å². The average molecular weight is 774 g/mol. The third-order valence-corrected chi connectivity index (χ3v) is 11.9. The number of carbonyl (C=O) groups is 4. The fourth-order valence-corrected chi connectivity index (χ4v) is 8.82. The molecule has 0 radical (unpaired) electrons. The molecule has 8 rings (SSSR count). The fraction of sp³-hybridized carbons (Fsp3) is 0.395. The zero-order chi connectivity index (χ0) is 39.8. The van der Waals surface area contributed by atoms with Crippen molar-refractivity contribution in [1.82, 2.24) is 44.4 Å². The van der Waals surface area contributed by atoms with Crippen molar-refractivity contribution in [3.05, 3.63) is 114 Å². The molecule has 14 heteroatoms. The van der Waals surface area contributed by atoms with Gasteiger partial charge in [0, 0.05) is 90.0 Å². The molecule has 2 atom stereocenters. The second kappa shape index (κ2) is 16.0. The average Bonchev–Trinajstić information content (AvgIpc) is 3.53. The molecule has 4 fully saturated rings. The minimum Gasteiger partial charge on any atom is -0.508 e. The van der Waals surface area contributed by atoms with Gasteiger partial charge in [0.2, 0.25) is 11.8 Å². The Labute approximate surface area is 333 Å². The van der Waals surface area contributed by atoms with Crippen LogP contribution in [0, 0.1) is 0 Å². The van der Waals surface area contributed by atoms with Gasteiger partial charge < -0.3 is 34.6 Å². The Morgan fingerprint density at radius 2 is 1.63 bits per heavy atom. The van der Waals surface area contributed by atoms with Gasteiger partial charge >= 0.3 is 6.03 Å². The zero-order valence-electron chi connectivity index (χ0n) is 32.7. The molecular formula is C43H51N9O5. The monoisotopic (exact) mass is 773 g/mol. The lowest BCUT2D eigenvalue weighted by atomic mass is 9.98. The SMILES string of the molecule is C=CCN1CC(=O)N2[C@@H](Cc3ccc(O)cc3)C(=O)N(Cc3cccc4c(C(=O)N5CC(N6CCN(C)CC6)C5)cn(C)c34)C[C@@H]2N1C(=O)NCc1ccccc1. The summed E-state index contributed by atoms with van der Waals surface area (Å²) in [7, 11) is 4.07. The molecule has 0 spiro atoms. The van der Waals surface area contributed by atoms with Gasteiger partial charge in [-0.3, -0.25) is 19.3 Å². The van der Waals surface area contributed by atoms with Gasteiger partial charge in [-0.15, -0.1) is 6.58 Å². The number of likely N-dealkylation sites (N-methyl/N-ethyl adjacent to an activating group) is 1. The zero-order valence-corrected chi connectivity index (χ0v) is 32.7. The second-order valence-electron chi connectivity index (χ2n) is 15.7. The molecule has 4 aromatic rings. The summed E-state index contributed by atoms with van der Waals surface area (Å²) in [6, 6.07) is 21.1. The third-order valence-electron chi connectivity index (χ3n) is 11.9. The smallest absolute Gasteiger partial charge is 0.334 e. The first kappa shape index (κ1) is 38.2. The molecule has 3 aromatic carbocycles. The van der Waals surface area contributed by atoms with Crippen LogP contribution in [0.2, 0.25) is 0 Å². The predicted octanol–water partition coefficient (Wildman–Crippen LogP) is 2.69. The van der Waals surface area contributed by atoms with E-state index in [2.05, 4.69) is 28.7 Å². The van der Waals surface area contributed by atoms with Crippen LogP contribution >= 0.6 is 0 Å². The number of phenols is 1. The summed E-state index contributed by atoms with van der Waals surface area (Å²) >= 11 is 0. The number of hydrazine groups is 1. The van der Waals surface area contributed by atoms with Crippen LogP contribution < -0.4 is 5.32 Å². The number of amides is 5. The van der Waals surface area contributed by atoms with Crippen molar-refractivity contribution in [3.63, 3.8) is 0 Å². The Balaban J connectivity index is 1.09. The van der Waals surface area contributed by atoms with E-state index in [1.807, 2.05) is 71.2 Å². The first-order valence-corrected chi connectivity index (χ1v) is 19.7. The quantitative estimate of drug-likeness (QED) is 0.236. The van der Waals surface area contributed by atoms with E-state index in [4.69, 9.17) is 0 Å². The molecular weight excluding hydrogens is 723 g/mol. The first-order chi connectivity index (χ1) is 27.6. The Kier molecular flexibility index (Phi) is 10.7. The largest absolute Gasteiger partial charge is 0.508 e. The van der Waals surface area contributed by atoms with E-state index < -0.39 is 18.2 Å². The molecule has 0 bridgehead atoms. The van der Waals surface area contributed by atoms with Gasteiger partial charge in [-0.1, -0.05) is 66.7 Å². The first-order valence-electron chi connectivity index (χ1n) is 19.7. The van der Waals surface area contributed by atoms with E-state index >= 15 is 0 Å². The number of rotatable bonds is 10. The standard InChI is InChI=1S/C43H51N9O5/c1-4-17-50-29-39(54)51-37(22-30-13-15-34(53)16-14-30)42(56)48(28-38(51)52(50)43(57)44-23-31-9-6-5-7-10-31)24-32-11-8-12-35-36(27-46(3)40(32)35)41(55)49-25-33(26-49)47-20-18-45(2)19-21-47/h4-16,27,33,37-38,53H,1,17-26,28-29H2,2-3H3,(H,44,57)/t37-,38-/m0/s1. The Hall–Kier alpha value is -5.70. The third kappa shape index (κ3) is 7.59. The number of aromatic hydroxyl groups is 1. The summed E-state index contributed by atoms with van der Waals surface area (Å²) in [5, 5.41) is 17.1. The number of aromatic nitrogens is 1. The van der Waals surface area contributed by atoms with E-state index in [-0.39, 0.29) is 62.6 Å². The number of piperazine rings is 2. The maximum atomic E-state index is 14.7. The van der Waals surface area contributed by atoms with Crippen molar-refractivity contribution < 1.29 is 24.3 Å². The molecule has 5 amide bonds. The molecule has 298 valence electrons. The topological polar surface area (TPSA) is 128 Å². The Bertz CT molecular complexity index is 2140. The molecule has 5 heterocycles. The maximum Gasteiger partial charge on any atom is 0.334 e. The number of para-hydroxylation sites is 1. The highest BCUT2D eigenvalue weighted by Gasteiger charge is 2.51. The number of urea groups is 1. The number of carbonyl (C=O) groups excluding carboxylic acids is 4. The van der Waals surface area contributed by atoms with E-state index in [0.717, 1.165) is 53.8 Å². The minimum atomic E-state index is -0.916. The van der Waals surface area contributed by atoms with E-state index in [1.165, 1.54) is 0 Å². The second-order valence-corrected chi connectivity index (χ2v) is 15.7. The van der Waals surface area contributed by atoms with Gasteiger partial charge in [0.15, 0.2) is 0 Å². The predicted molar refractivity (Wildman–Crippen MR) is 216 cm³/mol. The summed E-state index contributed by atoms with van der Waals surface area (Å²) < 4.78 is 1.96. The summed E-state index contributed by atoms with van der Waals surface area (Å²) in [5.74, 6) is -0.408. The van der Waals surface area contributed by atoms with Crippen LogP contribution in [-0.2, 0) is 36.1 Å². The number of aryl methyl sites for hydroxylation is 1. The molecule has 14 nitrogen and oxygen atoms in total. The van der Waals surface area contributed by atoms with Crippen LogP contribution in [0.3, 0.4) is 0 Å². The van der Waals surface area contributed by atoms with E-state index in [0.29, 0.717) is 24.7 Å². The summed E-state index contributed by atoms with van der Waals surface area (Å²) in [4.78, 5) is 66.9. The van der Waals surface area contributed by atoms with Crippen LogP contribution in [0.1, 0.15) is 27.0 Å². The summed E-state index contributed by atoms with van der Waals surface area (Å²) in [6.07, 6.45) is 2.92. The van der Waals surface area contributed by atoms with Crippen LogP contribution in [0.5, 0.6) is 5.75 Å². The van der Waals surface area contributed by atoms with Crippen molar-refractivity contribution >= 4 is 34.7 Å². The highest BCUT2D eigenvalue weighted by Crippen LogP contribution is 2.33. The number of hydrogen-bond acceptors (Lipinski definition) is 8. The number of nitrogens with one attached hydrogen (secondary N) is 1. The van der Waals surface area contributed by atoms with E-state index in [9.17, 15) is 24.3 Å². The fourth-order valence-electron chi connectivity index (χ4n) is 8.82. The molecule has 2 N–H and O–H groups in total. The molecule has 57 heavy (non-hydrogen) atoms. The number of nitrogens with zero attached hydrogens (tertiary/aromatic N) is 8. The molecule has 4 aliphatic rings. The van der Waals surface area contributed by atoms with Crippen molar-refractivity contribution in [1.29, 1.82) is 0 Å². The highest BCUT2D eigenvalue weighted by atomic mass is 16.3. The number of hydrogen-bond donors (Lipinski definition) is 2. The van der Waals surface area contributed by atoms with Gasteiger partial charge in [-0.2, -0.15) is 0 Å². The molecule has 4 saturated heterocycles. The Morgan fingerprint density at radius 3 is 2.35 bits per heavy atom. The molecule has 4 aliphatic heterocycles.